The van der Waals surface area contributed by atoms with Crippen LogP contribution >= 0.6 is 0 Å². The molecule has 0 unspecified atom stereocenters. The molecule has 0 aliphatic carbocycles. The standard InChI is InChI=1S/C11H13N5/c12-7-15-5-9-10(6-15)13-8-14-11(9)16-3-1-2-4-16/h8H,1-6H2. The van der Waals surface area contributed by atoms with Gasteiger partial charge in [0.05, 0.1) is 18.8 Å². The Morgan fingerprint density at radius 3 is 2.75 bits per heavy atom. The van der Waals surface area contributed by atoms with Gasteiger partial charge in [-0.1, -0.05) is 0 Å². The molecule has 0 saturated carbocycles. The molecule has 0 amide bonds. The summed E-state index contributed by atoms with van der Waals surface area (Å²) in [7, 11) is 0. The molecule has 3 rings (SSSR count). The van der Waals surface area contributed by atoms with Gasteiger partial charge in [-0.2, -0.15) is 5.26 Å². The van der Waals surface area contributed by atoms with Crippen LogP contribution in [-0.4, -0.2) is 28.0 Å². The van der Waals surface area contributed by atoms with Crippen LogP contribution < -0.4 is 4.90 Å². The zero-order valence-electron chi connectivity index (χ0n) is 9.06. The zero-order valence-corrected chi connectivity index (χ0v) is 9.06. The molecule has 1 saturated heterocycles. The van der Waals surface area contributed by atoms with Crippen LogP contribution in [0.4, 0.5) is 5.82 Å². The minimum atomic E-state index is 0.634. The maximum absolute atomic E-state index is 8.91. The summed E-state index contributed by atoms with van der Waals surface area (Å²) in [4.78, 5) is 12.7. The lowest BCUT2D eigenvalue weighted by molar-refractivity contribution is 0.415. The van der Waals surface area contributed by atoms with Crippen molar-refractivity contribution in [1.82, 2.24) is 14.9 Å². The Hall–Kier alpha value is -1.83. The first-order valence-corrected chi connectivity index (χ1v) is 5.61. The number of anilines is 1. The van der Waals surface area contributed by atoms with Crippen molar-refractivity contribution in [1.29, 1.82) is 5.26 Å². The van der Waals surface area contributed by atoms with Gasteiger partial charge in [0.2, 0.25) is 0 Å². The highest BCUT2D eigenvalue weighted by Crippen LogP contribution is 2.29. The Bertz CT molecular complexity index is 444. The van der Waals surface area contributed by atoms with Gasteiger partial charge in [0.1, 0.15) is 12.1 Å². The minimum Gasteiger partial charge on any atom is -0.356 e. The largest absolute Gasteiger partial charge is 0.356 e. The van der Waals surface area contributed by atoms with Crippen molar-refractivity contribution in [3.63, 3.8) is 0 Å². The van der Waals surface area contributed by atoms with E-state index in [-0.39, 0.29) is 0 Å². The average Bonchev–Trinajstić information content (AvgIpc) is 2.97. The van der Waals surface area contributed by atoms with Crippen LogP contribution in [0.3, 0.4) is 0 Å². The fourth-order valence-electron chi connectivity index (χ4n) is 2.44. The van der Waals surface area contributed by atoms with Crippen LogP contribution in [0.5, 0.6) is 0 Å². The molecule has 1 aromatic heterocycles. The van der Waals surface area contributed by atoms with Crippen molar-refractivity contribution in [2.45, 2.75) is 25.9 Å². The number of nitriles is 1. The van der Waals surface area contributed by atoms with Gasteiger partial charge in [0.15, 0.2) is 6.19 Å². The summed E-state index contributed by atoms with van der Waals surface area (Å²) in [6.07, 6.45) is 6.27. The van der Waals surface area contributed by atoms with E-state index in [1.54, 1.807) is 11.2 Å². The second kappa shape index (κ2) is 3.63. The number of aromatic nitrogens is 2. The molecular weight excluding hydrogens is 202 g/mol. The Balaban J connectivity index is 1.96. The first-order valence-electron chi connectivity index (χ1n) is 5.61. The molecule has 2 aliphatic rings. The molecule has 0 spiro atoms. The summed E-state index contributed by atoms with van der Waals surface area (Å²) in [5.41, 5.74) is 2.16. The summed E-state index contributed by atoms with van der Waals surface area (Å²) in [5.74, 6) is 1.04. The molecule has 0 N–H and O–H groups in total. The molecule has 0 bridgehead atoms. The van der Waals surface area contributed by atoms with E-state index in [0.717, 1.165) is 30.2 Å². The summed E-state index contributed by atoms with van der Waals surface area (Å²) in [6, 6.07) is 0. The van der Waals surface area contributed by atoms with Crippen LogP contribution in [-0.2, 0) is 13.1 Å². The van der Waals surface area contributed by atoms with E-state index in [1.165, 1.54) is 12.8 Å². The van der Waals surface area contributed by atoms with E-state index >= 15 is 0 Å². The SMILES string of the molecule is N#CN1Cc2ncnc(N3CCCC3)c2C1. The highest BCUT2D eigenvalue weighted by atomic mass is 15.2. The molecule has 2 aliphatic heterocycles. The summed E-state index contributed by atoms with van der Waals surface area (Å²) in [5, 5.41) is 8.91. The topological polar surface area (TPSA) is 56.1 Å². The third-order valence-corrected chi connectivity index (χ3v) is 3.25. The van der Waals surface area contributed by atoms with Crippen molar-refractivity contribution in [3.8, 4) is 6.19 Å². The van der Waals surface area contributed by atoms with Gasteiger partial charge in [-0.3, -0.25) is 0 Å². The highest BCUT2D eigenvalue weighted by molar-refractivity contribution is 5.50. The van der Waals surface area contributed by atoms with Crippen molar-refractivity contribution in [3.05, 3.63) is 17.6 Å². The van der Waals surface area contributed by atoms with Crippen LogP contribution in [0.15, 0.2) is 6.33 Å². The molecule has 82 valence electrons. The predicted octanol–water partition coefficient (Wildman–Crippen LogP) is 0.873. The van der Waals surface area contributed by atoms with Crippen molar-refractivity contribution in [2.24, 2.45) is 0 Å². The second-order valence-corrected chi connectivity index (χ2v) is 4.27. The fraction of sp³-hybridized carbons (Fsp3) is 0.545. The molecule has 0 atom stereocenters. The summed E-state index contributed by atoms with van der Waals surface area (Å²) >= 11 is 0. The first kappa shape index (κ1) is 9.40. The third kappa shape index (κ3) is 1.38. The minimum absolute atomic E-state index is 0.634. The summed E-state index contributed by atoms with van der Waals surface area (Å²) in [6.45, 7) is 3.46. The molecule has 1 aromatic rings. The third-order valence-electron chi connectivity index (χ3n) is 3.25. The van der Waals surface area contributed by atoms with E-state index in [9.17, 15) is 0 Å². The van der Waals surface area contributed by atoms with Gasteiger partial charge < -0.3 is 9.80 Å². The maximum Gasteiger partial charge on any atom is 0.180 e. The van der Waals surface area contributed by atoms with Gasteiger partial charge in [0, 0.05) is 18.7 Å². The van der Waals surface area contributed by atoms with E-state index in [4.69, 9.17) is 5.26 Å². The Kier molecular flexibility index (Phi) is 2.13. The van der Waals surface area contributed by atoms with Crippen LogP contribution in [0, 0.1) is 11.5 Å². The smallest absolute Gasteiger partial charge is 0.180 e. The van der Waals surface area contributed by atoms with Gasteiger partial charge in [-0.05, 0) is 12.8 Å². The van der Waals surface area contributed by atoms with E-state index < -0.39 is 0 Å². The lowest BCUT2D eigenvalue weighted by Gasteiger charge is -2.18. The van der Waals surface area contributed by atoms with E-state index in [2.05, 4.69) is 21.1 Å². The molecule has 3 heterocycles. The Morgan fingerprint density at radius 1 is 1.19 bits per heavy atom. The quantitative estimate of drug-likeness (QED) is 0.651. The molecule has 0 radical (unpaired) electrons. The normalized spacial score (nSPS) is 18.7. The molecule has 0 aromatic carbocycles. The zero-order chi connectivity index (χ0) is 11.0. The molecular formula is C11H13N5. The number of nitrogens with zero attached hydrogens (tertiary/aromatic N) is 5. The predicted molar refractivity (Wildman–Crippen MR) is 58.3 cm³/mol. The monoisotopic (exact) mass is 215 g/mol. The van der Waals surface area contributed by atoms with Crippen LogP contribution in [0.25, 0.3) is 0 Å². The van der Waals surface area contributed by atoms with Crippen LogP contribution in [0.2, 0.25) is 0 Å². The van der Waals surface area contributed by atoms with Crippen molar-refractivity contribution < 1.29 is 0 Å². The molecule has 16 heavy (non-hydrogen) atoms. The Labute approximate surface area is 94.3 Å². The summed E-state index contributed by atoms with van der Waals surface area (Å²) < 4.78 is 0. The van der Waals surface area contributed by atoms with Crippen molar-refractivity contribution >= 4 is 5.82 Å². The van der Waals surface area contributed by atoms with Gasteiger partial charge in [-0.25, -0.2) is 9.97 Å². The Morgan fingerprint density at radius 2 is 2.00 bits per heavy atom. The van der Waals surface area contributed by atoms with Gasteiger partial charge in [0.25, 0.3) is 0 Å². The second-order valence-electron chi connectivity index (χ2n) is 4.27. The van der Waals surface area contributed by atoms with E-state index in [0.29, 0.717) is 13.1 Å². The van der Waals surface area contributed by atoms with Crippen LogP contribution in [0.1, 0.15) is 24.1 Å². The lowest BCUT2D eigenvalue weighted by atomic mass is 10.2. The first-order chi connectivity index (χ1) is 7.88. The highest BCUT2D eigenvalue weighted by Gasteiger charge is 2.26. The number of fused-ring (bicyclic) bond motifs is 1. The number of rotatable bonds is 1. The number of hydrogen-bond donors (Lipinski definition) is 0. The maximum atomic E-state index is 8.91. The van der Waals surface area contributed by atoms with Crippen molar-refractivity contribution in [2.75, 3.05) is 18.0 Å². The van der Waals surface area contributed by atoms with Gasteiger partial charge >= 0.3 is 0 Å². The number of hydrogen-bond acceptors (Lipinski definition) is 5. The van der Waals surface area contributed by atoms with Gasteiger partial charge in [-0.15, -0.1) is 0 Å². The van der Waals surface area contributed by atoms with E-state index in [1.807, 2.05) is 0 Å². The lowest BCUT2D eigenvalue weighted by Crippen LogP contribution is -2.21. The average molecular weight is 215 g/mol. The molecule has 1 fully saturated rings. The molecule has 5 heteroatoms. The molecule has 5 nitrogen and oxygen atoms in total. The fourth-order valence-corrected chi connectivity index (χ4v) is 2.44.